The van der Waals surface area contributed by atoms with Gasteiger partial charge in [-0.2, -0.15) is 0 Å². The van der Waals surface area contributed by atoms with Crippen molar-refractivity contribution in [2.45, 2.75) is 19.4 Å². The fraction of sp³-hybridized carbons (Fsp3) is 0.353. The average molecular weight is 318 g/mol. The molecule has 5 heteroatoms. The van der Waals surface area contributed by atoms with Gasteiger partial charge in [0, 0.05) is 37.2 Å². The molecule has 2 rings (SSSR count). The van der Waals surface area contributed by atoms with E-state index >= 15 is 0 Å². The molecule has 1 amide bonds. The summed E-state index contributed by atoms with van der Waals surface area (Å²) in [5.74, 6) is 0.0932. The minimum atomic E-state index is 0.0932. The number of anilines is 1. The van der Waals surface area contributed by atoms with Gasteiger partial charge >= 0.3 is 0 Å². The molecule has 22 heavy (non-hydrogen) atoms. The molecule has 0 aliphatic heterocycles. The second-order valence-electron chi connectivity index (χ2n) is 4.97. The zero-order chi connectivity index (χ0) is 15.6. The van der Waals surface area contributed by atoms with Crippen molar-refractivity contribution in [3.63, 3.8) is 0 Å². The molecule has 4 nitrogen and oxygen atoms in total. The monoisotopic (exact) mass is 318 g/mol. The van der Waals surface area contributed by atoms with Gasteiger partial charge in [0.15, 0.2) is 0 Å². The Hall–Kier alpha value is -1.85. The summed E-state index contributed by atoms with van der Waals surface area (Å²) in [6.07, 6.45) is 1.35. The van der Waals surface area contributed by atoms with Crippen molar-refractivity contribution in [2.75, 3.05) is 25.6 Å². The quantitative estimate of drug-likeness (QED) is 0.699. The van der Waals surface area contributed by atoms with Crippen molar-refractivity contribution < 1.29 is 9.53 Å². The number of benzene rings is 1. The zero-order valence-corrected chi connectivity index (χ0v) is 13.6. The molecule has 0 aliphatic carbocycles. The number of thiophene rings is 1. The third-order valence-electron chi connectivity index (χ3n) is 3.26. The van der Waals surface area contributed by atoms with Crippen LogP contribution in [0.5, 0.6) is 0 Å². The molecular formula is C17H22N2O2S. The number of rotatable bonds is 9. The molecule has 0 aliphatic rings. The minimum Gasteiger partial charge on any atom is -0.383 e. The summed E-state index contributed by atoms with van der Waals surface area (Å²) in [7, 11) is 1.69. The maximum absolute atomic E-state index is 11.8. The van der Waals surface area contributed by atoms with Crippen LogP contribution < -0.4 is 10.6 Å². The Kier molecular flexibility index (Phi) is 6.93. The van der Waals surface area contributed by atoms with Gasteiger partial charge in [0.05, 0.1) is 6.61 Å². The third kappa shape index (κ3) is 5.87. The fourth-order valence-electron chi connectivity index (χ4n) is 2.02. The van der Waals surface area contributed by atoms with E-state index in [-0.39, 0.29) is 5.91 Å². The molecule has 0 saturated heterocycles. The number of nitrogens with one attached hydrogen (secondary N) is 2. The maximum atomic E-state index is 11.8. The third-order valence-corrected chi connectivity index (χ3v) is 4.19. The number of ether oxygens (including phenoxy) is 1. The number of amides is 1. The van der Waals surface area contributed by atoms with Gasteiger partial charge in [-0.05, 0) is 35.6 Å². The lowest BCUT2D eigenvalue weighted by molar-refractivity contribution is -0.121. The normalized spacial score (nSPS) is 10.4. The number of aryl methyl sites for hydroxylation is 1. The van der Waals surface area contributed by atoms with Crippen molar-refractivity contribution in [3.8, 4) is 0 Å². The van der Waals surface area contributed by atoms with E-state index in [0.29, 0.717) is 19.6 Å². The van der Waals surface area contributed by atoms with Gasteiger partial charge in [0.2, 0.25) is 5.91 Å². The molecule has 0 fully saturated rings. The van der Waals surface area contributed by atoms with E-state index in [9.17, 15) is 4.79 Å². The van der Waals surface area contributed by atoms with Gasteiger partial charge in [-0.1, -0.05) is 18.2 Å². The Balaban J connectivity index is 1.68. The van der Waals surface area contributed by atoms with E-state index in [0.717, 1.165) is 24.2 Å². The Morgan fingerprint density at radius 3 is 2.73 bits per heavy atom. The largest absolute Gasteiger partial charge is 0.383 e. The first-order valence-corrected chi connectivity index (χ1v) is 8.27. The van der Waals surface area contributed by atoms with Gasteiger partial charge in [-0.25, -0.2) is 0 Å². The van der Waals surface area contributed by atoms with Crippen LogP contribution in [0.15, 0.2) is 41.8 Å². The molecule has 2 aromatic rings. The highest BCUT2D eigenvalue weighted by Crippen LogP contribution is 2.11. The van der Waals surface area contributed by atoms with Crippen molar-refractivity contribution in [1.82, 2.24) is 5.32 Å². The van der Waals surface area contributed by atoms with Crippen LogP contribution in [0.1, 0.15) is 16.9 Å². The molecule has 0 radical (unpaired) electrons. The second kappa shape index (κ2) is 9.23. The Bertz CT molecular complexity index is 553. The predicted octanol–water partition coefficient (Wildman–Crippen LogP) is 3.06. The van der Waals surface area contributed by atoms with Crippen LogP contribution in [0.3, 0.4) is 0 Å². The first-order chi connectivity index (χ1) is 10.8. The molecule has 1 heterocycles. The predicted molar refractivity (Wildman–Crippen MR) is 91.3 cm³/mol. The lowest BCUT2D eigenvalue weighted by atomic mass is 10.2. The van der Waals surface area contributed by atoms with Crippen LogP contribution in [0.25, 0.3) is 0 Å². The maximum Gasteiger partial charge on any atom is 0.220 e. The highest BCUT2D eigenvalue weighted by molar-refractivity contribution is 7.09. The summed E-state index contributed by atoms with van der Waals surface area (Å²) in [5, 5.41) is 8.26. The summed E-state index contributed by atoms with van der Waals surface area (Å²) >= 11 is 1.69. The van der Waals surface area contributed by atoms with Gasteiger partial charge in [0.1, 0.15) is 0 Å². The van der Waals surface area contributed by atoms with Gasteiger partial charge in [-0.15, -0.1) is 11.3 Å². The second-order valence-corrected chi connectivity index (χ2v) is 6.00. The van der Waals surface area contributed by atoms with E-state index in [2.05, 4.69) is 16.7 Å². The van der Waals surface area contributed by atoms with Crippen LogP contribution in [-0.4, -0.2) is 26.2 Å². The van der Waals surface area contributed by atoms with Crippen molar-refractivity contribution in [1.29, 1.82) is 0 Å². The fourth-order valence-corrected chi connectivity index (χ4v) is 2.73. The number of hydrogen-bond donors (Lipinski definition) is 2. The van der Waals surface area contributed by atoms with Crippen molar-refractivity contribution in [2.24, 2.45) is 0 Å². The molecule has 1 aromatic heterocycles. The van der Waals surface area contributed by atoms with Gasteiger partial charge in [0.25, 0.3) is 0 Å². The Labute approximate surface area is 135 Å². The van der Waals surface area contributed by atoms with E-state index < -0.39 is 0 Å². The standard InChI is InChI=1S/C17H22N2O2S/c1-21-11-10-18-15-6-4-14(5-7-15)13-19-17(20)9-8-16-3-2-12-22-16/h2-7,12,18H,8-11,13H2,1H3,(H,19,20). The van der Waals surface area contributed by atoms with Crippen LogP contribution in [-0.2, 0) is 22.5 Å². The molecule has 2 N–H and O–H groups in total. The summed E-state index contributed by atoms with van der Waals surface area (Å²) in [4.78, 5) is 13.1. The molecule has 0 atom stereocenters. The van der Waals surface area contributed by atoms with Crippen LogP contribution in [0.2, 0.25) is 0 Å². The van der Waals surface area contributed by atoms with Crippen LogP contribution in [0, 0.1) is 0 Å². The molecule has 118 valence electrons. The highest BCUT2D eigenvalue weighted by Gasteiger charge is 2.03. The number of carbonyl (C=O) groups is 1. The molecule has 0 unspecified atom stereocenters. The van der Waals surface area contributed by atoms with Gasteiger partial charge in [-0.3, -0.25) is 4.79 Å². The van der Waals surface area contributed by atoms with E-state index in [1.807, 2.05) is 35.7 Å². The Morgan fingerprint density at radius 2 is 2.05 bits per heavy atom. The summed E-state index contributed by atoms with van der Waals surface area (Å²) in [5.41, 5.74) is 2.16. The zero-order valence-electron chi connectivity index (χ0n) is 12.8. The number of hydrogen-bond acceptors (Lipinski definition) is 4. The molecule has 1 aromatic carbocycles. The smallest absolute Gasteiger partial charge is 0.220 e. The summed E-state index contributed by atoms with van der Waals surface area (Å²) in [6, 6.07) is 12.2. The SMILES string of the molecule is COCCNc1ccc(CNC(=O)CCc2cccs2)cc1. The van der Waals surface area contributed by atoms with E-state index in [1.54, 1.807) is 18.4 Å². The van der Waals surface area contributed by atoms with Crippen molar-refractivity contribution >= 4 is 22.9 Å². The Morgan fingerprint density at radius 1 is 1.23 bits per heavy atom. The van der Waals surface area contributed by atoms with Crippen molar-refractivity contribution in [3.05, 3.63) is 52.2 Å². The van der Waals surface area contributed by atoms with Crippen LogP contribution in [0.4, 0.5) is 5.69 Å². The minimum absolute atomic E-state index is 0.0932. The molecular weight excluding hydrogens is 296 g/mol. The van der Waals surface area contributed by atoms with E-state index in [4.69, 9.17) is 4.74 Å². The lowest BCUT2D eigenvalue weighted by Crippen LogP contribution is -2.22. The van der Waals surface area contributed by atoms with E-state index in [1.165, 1.54) is 4.88 Å². The topological polar surface area (TPSA) is 50.4 Å². The lowest BCUT2D eigenvalue weighted by Gasteiger charge is -2.08. The highest BCUT2D eigenvalue weighted by atomic mass is 32.1. The number of methoxy groups -OCH3 is 1. The summed E-state index contributed by atoms with van der Waals surface area (Å²) in [6.45, 7) is 2.04. The first-order valence-electron chi connectivity index (χ1n) is 7.39. The summed E-state index contributed by atoms with van der Waals surface area (Å²) < 4.78 is 4.99. The average Bonchev–Trinajstić information content (AvgIpc) is 3.06. The number of carbonyl (C=O) groups excluding carboxylic acids is 1. The van der Waals surface area contributed by atoms with Gasteiger partial charge < -0.3 is 15.4 Å². The molecule has 0 spiro atoms. The molecule has 0 saturated carbocycles. The molecule has 0 bridgehead atoms. The first kappa shape index (κ1) is 16.5. The van der Waals surface area contributed by atoms with Crippen LogP contribution >= 0.6 is 11.3 Å².